The summed E-state index contributed by atoms with van der Waals surface area (Å²) in [6.45, 7) is 1.88. The fourth-order valence-electron chi connectivity index (χ4n) is 2.32. The molecule has 0 saturated heterocycles. The Morgan fingerprint density at radius 2 is 1.50 bits per heavy atom. The normalized spacial score (nSPS) is 11.7. The molecular weight excluding hydrogens is 274 g/mol. The summed E-state index contributed by atoms with van der Waals surface area (Å²) >= 11 is 0. The number of carbonyl (C=O) groups is 2. The van der Waals surface area contributed by atoms with Crippen LogP contribution in [0.2, 0.25) is 0 Å². The molecule has 0 spiro atoms. The zero-order chi connectivity index (χ0) is 15.9. The predicted molar refractivity (Wildman–Crippen MR) is 89.0 cm³/mol. The molecule has 0 unspecified atom stereocenters. The number of para-hydroxylation sites is 1. The molecule has 3 heteroatoms. The molecule has 0 aromatic heterocycles. The average molecular weight is 295 g/mol. The Morgan fingerprint density at radius 3 is 2.09 bits per heavy atom. The van der Waals surface area contributed by atoms with Crippen molar-refractivity contribution in [2.75, 3.05) is 11.9 Å². The van der Waals surface area contributed by atoms with Crippen LogP contribution in [0.15, 0.2) is 60.7 Å². The van der Waals surface area contributed by atoms with Gasteiger partial charge in [0.15, 0.2) is 5.78 Å². The number of hydrogen-bond acceptors (Lipinski definition) is 2. The van der Waals surface area contributed by atoms with Crippen molar-refractivity contribution in [2.24, 2.45) is 5.92 Å². The van der Waals surface area contributed by atoms with Crippen LogP contribution in [0.25, 0.3) is 0 Å². The molecule has 2 aromatic rings. The van der Waals surface area contributed by atoms with Crippen LogP contribution in [-0.4, -0.2) is 18.7 Å². The Kier molecular flexibility index (Phi) is 5.48. The maximum absolute atomic E-state index is 12.3. The van der Waals surface area contributed by atoms with Gasteiger partial charge in [-0.3, -0.25) is 9.59 Å². The number of hydrogen-bond donors (Lipinski definition) is 0. The molecule has 1 amide bonds. The fourth-order valence-corrected chi connectivity index (χ4v) is 2.32. The van der Waals surface area contributed by atoms with Gasteiger partial charge in [-0.15, -0.1) is 0 Å². The first-order valence-corrected chi connectivity index (χ1v) is 7.50. The van der Waals surface area contributed by atoms with E-state index in [1.54, 1.807) is 11.9 Å². The summed E-state index contributed by atoms with van der Waals surface area (Å²) in [6, 6.07) is 18.8. The summed E-state index contributed by atoms with van der Waals surface area (Å²) in [5, 5.41) is 0. The topological polar surface area (TPSA) is 37.4 Å². The first-order chi connectivity index (χ1) is 10.6. The third-order valence-corrected chi connectivity index (χ3v) is 3.81. The van der Waals surface area contributed by atoms with Crippen LogP contribution in [0.1, 0.15) is 30.1 Å². The van der Waals surface area contributed by atoms with Gasteiger partial charge in [-0.1, -0.05) is 55.5 Å². The van der Waals surface area contributed by atoms with Gasteiger partial charge >= 0.3 is 0 Å². The number of ketones is 1. The molecule has 0 radical (unpaired) electrons. The minimum Gasteiger partial charge on any atom is -0.316 e. The summed E-state index contributed by atoms with van der Waals surface area (Å²) in [4.78, 5) is 26.1. The number of carbonyl (C=O) groups excluding carboxylic acids is 2. The molecule has 0 aliphatic heterocycles. The van der Waals surface area contributed by atoms with Crippen LogP contribution in [0.4, 0.5) is 5.69 Å². The molecule has 22 heavy (non-hydrogen) atoms. The van der Waals surface area contributed by atoms with E-state index < -0.39 is 0 Å². The van der Waals surface area contributed by atoms with Crippen LogP contribution < -0.4 is 4.90 Å². The Morgan fingerprint density at radius 1 is 0.955 bits per heavy atom. The van der Waals surface area contributed by atoms with Gasteiger partial charge in [0, 0.05) is 30.6 Å². The first kappa shape index (κ1) is 16.0. The summed E-state index contributed by atoms with van der Waals surface area (Å²) in [5.41, 5.74) is 1.58. The number of rotatable bonds is 6. The van der Waals surface area contributed by atoms with E-state index in [1.807, 2.05) is 67.6 Å². The van der Waals surface area contributed by atoms with Crippen LogP contribution in [0.5, 0.6) is 0 Å². The monoisotopic (exact) mass is 295 g/mol. The zero-order valence-electron chi connectivity index (χ0n) is 13.0. The van der Waals surface area contributed by atoms with E-state index in [-0.39, 0.29) is 17.6 Å². The molecule has 1 atom stereocenters. The van der Waals surface area contributed by atoms with E-state index >= 15 is 0 Å². The lowest BCUT2D eigenvalue weighted by Crippen LogP contribution is -2.27. The molecule has 0 aliphatic carbocycles. The van der Waals surface area contributed by atoms with Crippen molar-refractivity contribution >= 4 is 17.4 Å². The number of amides is 1. The van der Waals surface area contributed by atoms with E-state index in [0.717, 1.165) is 5.69 Å². The lowest BCUT2D eigenvalue weighted by atomic mass is 9.95. The number of benzene rings is 2. The lowest BCUT2D eigenvalue weighted by molar-refractivity contribution is -0.118. The summed E-state index contributed by atoms with van der Waals surface area (Å²) in [6.07, 6.45) is 0.925. The van der Waals surface area contributed by atoms with Gasteiger partial charge in [0.1, 0.15) is 0 Å². The van der Waals surface area contributed by atoms with Gasteiger partial charge < -0.3 is 4.90 Å². The minimum atomic E-state index is -0.157. The molecule has 2 rings (SSSR count). The minimum absolute atomic E-state index is 0.0268. The highest BCUT2D eigenvalue weighted by molar-refractivity contribution is 5.98. The summed E-state index contributed by atoms with van der Waals surface area (Å²) < 4.78 is 0. The van der Waals surface area contributed by atoms with Crippen LogP contribution in [-0.2, 0) is 4.79 Å². The maximum atomic E-state index is 12.3. The Labute approximate surface area is 131 Å². The maximum Gasteiger partial charge on any atom is 0.226 e. The molecule has 0 N–H and O–H groups in total. The third kappa shape index (κ3) is 4.04. The van der Waals surface area contributed by atoms with E-state index in [4.69, 9.17) is 0 Å². The van der Waals surface area contributed by atoms with Crippen molar-refractivity contribution in [3.05, 3.63) is 66.2 Å². The molecular formula is C19H21NO2. The van der Waals surface area contributed by atoms with Crippen molar-refractivity contribution in [1.29, 1.82) is 0 Å². The van der Waals surface area contributed by atoms with Gasteiger partial charge in [-0.25, -0.2) is 0 Å². The van der Waals surface area contributed by atoms with Crippen LogP contribution >= 0.6 is 0 Å². The second-order valence-electron chi connectivity index (χ2n) is 5.46. The van der Waals surface area contributed by atoms with E-state index in [9.17, 15) is 9.59 Å². The van der Waals surface area contributed by atoms with E-state index in [2.05, 4.69) is 0 Å². The molecule has 0 heterocycles. The third-order valence-electron chi connectivity index (χ3n) is 3.81. The molecule has 114 valence electrons. The summed E-state index contributed by atoms with van der Waals surface area (Å²) in [5.74, 6) is -0.0369. The molecule has 0 fully saturated rings. The molecule has 0 saturated carbocycles. The van der Waals surface area contributed by atoms with Gasteiger partial charge in [-0.2, -0.15) is 0 Å². The van der Waals surface area contributed by atoms with Gasteiger partial charge in [0.05, 0.1) is 0 Å². The Hall–Kier alpha value is -2.42. The van der Waals surface area contributed by atoms with Gasteiger partial charge in [-0.05, 0) is 18.6 Å². The standard InChI is InChI=1S/C19H21NO2/c1-15(19(22)16-9-5-3-6-10-16)13-14-18(21)20(2)17-11-7-4-8-12-17/h3-12,15H,13-14H2,1-2H3/t15-/m0/s1. The molecule has 0 bridgehead atoms. The Bertz CT molecular complexity index is 622. The highest BCUT2D eigenvalue weighted by atomic mass is 16.2. The van der Waals surface area contributed by atoms with Crippen LogP contribution in [0, 0.1) is 5.92 Å². The van der Waals surface area contributed by atoms with Gasteiger partial charge in [0.25, 0.3) is 0 Å². The smallest absolute Gasteiger partial charge is 0.226 e. The second-order valence-corrected chi connectivity index (χ2v) is 5.46. The second kappa shape index (κ2) is 7.55. The number of Topliss-reactive ketones (excluding diaryl/α,β-unsaturated/α-hetero) is 1. The number of anilines is 1. The summed E-state index contributed by atoms with van der Waals surface area (Å²) in [7, 11) is 1.77. The van der Waals surface area contributed by atoms with E-state index in [1.165, 1.54) is 0 Å². The predicted octanol–water partition coefficient (Wildman–Crippen LogP) is 3.95. The largest absolute Gasteiger partial charge is 0.316 e. The fraction of sp³-hybridized carbons (Fsp3) is 0.263. The van der Waals surface area contributed by atoms with Crippen molar-refractivity contribution < 1.29 is 9.59 Å². The highest BCUT2D eigenvalue weighted by Gasteiger charge is 2.18. The first-order valence-electron chi connectivity index (χ1n) is 7.50. The van der Waals surface area contributed by atoms with Crippen molar-refractivity contribution in [3.8, 4) is 0 Å². The van der Waals surface area contributed by atoms with Crippen molar-refractivity contribution in [1.82, 2.24) is 0 Å². The lowest BCUT2D eigenvalue weighted by Gasteiger charge is -2.18. The molecule has 2 aromatic carbocycles. The van der Waals surface area contributed by atoms with E-state index in [0.29, 0.717) is 18.4 Å². The highest BCUT2D eigenvalue weighted by Crippen LogP contribution is 2.17. The van der Waals surface area contributed by atoms with Crippen molar-refractivity contribution in [3.63, 3.8) is 0 Å². The molecule has 3 nitrogen and oxygen atoms in total. The van der Waals surface area contributed by atoms with Crippen molar-refractivity contribution in [2.45, 2.75) is 19.8 Å². The molecule has 0 aliphatic rings. The van der Waals surface area contributed by atoms with Gasteiger partial charge in [0.2, 0.25) is 5.91 Å². The quantitative estimate of drug-likeness (QED) is 0.757. The van der Waals surface area contributed by atoms with Crippen LogP contribution in [0.3, 0.4) is 0 Å². The SMILES string of the molecule is C[C@@H](CCC(=O)N(C)c1ccccc1)C(=O)c1ccccc1. The Balaban J connectivity index is 1.89. The average Bonchev–Trinajstić information content (AvgIpc) is 2.59. The zero-order valence-corrected chi connectivity index (χ0v) is 13.0. The number of nitrogens with zero attached hydrogens (tertiary/aromatic N) is 1.